The van der Waals surface area contributed by atoms with E-state index in [1.807, 2.05) is 46.8 Å². The molecule has 1 aliphatic rings. The van der Waals surface area contributed by atoms with Crippen molar-refractivity contribution in [2.45, 2.75) is 65.3 Å². The molecule has 1 unspecified atom stereocenters. The summed E-state index contributed by atoms with van der Waals surface area (Å²) < 4.78 is 11.2. The molecular weight excluding hydrogens is 380 g/mol. The van der Waals surface area contributed by atoms with Crippen molar-refractivity contribution < 1.29 is 19.1 Å². The summed E-state index contributed by atoms with van der Waals surface area (Å²) in [5.74, 6) is 0.911. The SMILES string of the molecule is CCOc1ccc(C2(CNC(=O)C(NC(=O)CC(C)C)C(C)C)CCOCC2)cc1. The monoisotopic (exact) mass is 418 g/mol. The fourth-order valence-electron chi connectivity index (χ4n) is 3.91. The lowest BCUT2D eigenvalue weighted by molar-refractivity contribution is -0.130. The smallest absolute Gasteiger partial charge is 0.242 e. The van der Waals surface area contributed by atoms with Crippen LogP contribution in [0.15, 0.2) is 24.3 Å². The summed E-state index contributed by atoms with van der Waals surface area (Å²) in [6, 6.07) is 7.62. The van der Waals surface area contributed by atoms with Gasteiger partial charge in [0.25, 0.3) is 0 Å². The third-order valence-corrected chi connectivity index (χ3v) is 5.69. The van der Waals surface area contributed by atoms with Crippen LogP contribution in [0.3, 0.4) is 0 Å². The lowest BCUT2D eigenvalue weighted by Gasteiger charge is -2.38. The van der Waals surface area contributed by atoms with E-state index in [1.165, 1.54) is 5.56 Å². The van der Waals surface area contributed by atoms with E-state index < -0.39 is 6.04 Å². The molecule has 1 aliphatic heterocycles. The highest BCUT2D eigenvalue weighted by atomic mass is 16.5. The summed E-state index contributed by atoms with van der Waals surface area (Å²) in [4.78, 5) is 25.2. The largest absolute Gasteiger partial charge is 0.494 e. The summed E-state index contributed by atoms with van der Waals surface area (Å²) in [6.45, 7) is 12.4. The van der Waals surface area contributed by atoms with Crippen LogP contribution in [0.25, 0.3) is 0 Å². The zero-order chi connectivity index (χ0) is 22.1. The molecule has 30 heavy (non-hydrogen) atoms. The predicted molar refractivity (Wildman–Crippen MR) is 119 cm³/mol. The van der Waals surface area contributed by atoms with E-state index in [0.29, 0.717) is 32.8 Å². The minimum atomic E-state index is -0.534. The van der Waals surface area contributed by atoms with Crippen LogP contribution < -0.4 is 15.4 Å². The standard InChI is InChI=1S/C24H38N2O4/c1-6-30-20-9-7-19(8-10-20)24(11-13-29-14-12-24)16-25-23(28)22(18(4)5)26-21(27)15-17(2)3/h7-10,17-18,22H,6,11-16H2,1-5H3,(H,25,28)(H,26,27). The summed E-state index contributed by atoms with van der Waals surface area (Å²) in [6.07, 6.45) is 2.10. The third-order valence-electron chi connectivity index (χ3n) is 5.69. The van der Waals surface area contributed by atoms with Crippen LogP contribution in [0.1, 0.15) is 59.4 Å². The first-order chi connectivity index (χ1) is 14.3. The van der Waals surface area contributed by atoms with Gasteiger partial charge in [0.1, 0.15) is 11.8 Å². The predicted octanol–water partition coefficient (Wildman–Crippen LogP) is 3.44. The first-order valence-electron chi connectivity index (χ1n) is 11.2. The minimum absolute atomic E-state index is 0.0113. The second-order valence-electron chi connectivity index (χ2n) is 8.96. The second kappa shape index (κ2) is 11.3. The average molecular weight is 419 g/mol. The molecular formula is C24H38N2O4. The molecule has 1 aromatic carbocycles. The van der Waals surface area contributed by atoms with Gasteiger partial charge in [-0.05, 0) is 49.3 Å². The number of nitrogens with one attached hydrogen (secondary N) is 2. The fraction of sp³-hybridized carbons (Fsp3) is 0.667. The Morgan fingerprint density at radius 1 is 1.10 bits per heavy atom. The topological polar surface area (TPSA) is 76.7 Å². The number of hydrogen-bond donors (Lipinski definition) is 2. The van der Waals surface area contributed by atoms with Crippen LogP contribution in [-0.2, 0) is 19.7 Å². The molecule has 0 bridgehead atoms. The molecule has 1 aromatic rings. The van der Waals surface area contributed by atoms with Crippen molar-refractivity contribution in [3.8, 4) is 5.75 Å². The van der Waals surface area contributed by atoms with Crippen LogP contribution in [0.5, 0.6) is 5.75 Å². The van der Waals surface area contributed by atoms with Gasteiger partial charge in [0.2, 0.25) is 11.8 Å². The van der Waals surface area contributed by atoms with Crippen LogP contribution in [-0.4, -0.2) is 44.2 Å². The van der Waals surface area contributed by atoms with Crippen molar-refractivity contribution in [1.29, 1.82) is 0 Å². The molecule has 6 heteroatoms. The Kier molecular flexibility index (Phi) is 9.15. The second-order valence-corrected chi connectivity index (χ2v) is 8.96. The highest BCUT2D eigenvalue weighted by molar-refractivity contribution is 5.88. The van der Waals surface area contributed by atoms with Crippen molar-refractivity contribution >= 4 is 11.8 Å². The number of ether oxygens (including phenoxy) is 2. The molecule has 2 rings (SSSR count). The van der Waals surface area contributed by atoms with Gasteiger partial charge in [-0.25, -0.2) is 0 Å². The highest BCUT2D eigenvalue weighted by Crippen LogP contribution is 2.35. The number of benzene rings is 1. The molecule has 2 N–H and O–H groups in total. The normalized spacial score (nSPS) is 16.9. The first-order valence-corrected chi connectivity index (χ1v) is 11.2. The van der Waals surface area contributed by atoms with Gasteiger partial charge in [0.05, 0.1) is 6.61 Å². The maximum Gasteiger partial charge on any atom is 0.242 e. The van der Waals surface area contributed by atoms with Crippen molar-refractivity contribution in [1.82, 2.24) is 10.6 Å². The molecule has 0 saturated carbocycles. The molecule has 1 heterocycles. The fourth-order valence-corrected chi connectivity index (χ4v) is 3.91. The van der Waals surface area contributed by atoms with E-state index >= 15 is 0 Å². The van der Waals surface area contributed by atoms with Gasteiger partial charge >= 0.3 is 0 Å². The molecule has 0 aromatic heterocycles. The van der Waals surface area contributed by atoms with E-state index in [0.717, 1.165) is 18.6 Å². The molecule has 0 spiro atoms. The maximum absolute atomic E-state index is 13.0. The van der Waals surface area contributed by atoms with Gasteiger partial charge in [0, 0.05) is 31.6 Å². The van der Waals surface area contributed by atoms with Gasteiger partial charge in [-0.2, -0.15) is 0 Å². The Morgan fingerprint density at radius 3 is 2.27 bits per heavy atom. The van der Waals surface area contributed by atoms with Gasteiger partial charge < -0.3 is 20.1 Å². The molecule has 1 fully saturated rings. The number of amides is 2. The van der Waals surface area contributed by atoms with Crippen molar-refractivity contribution in [2.24, 2.45) is 11.8 Å². The Morgan fingerprint density at radius 2 is 1.73 bits per heavy atom. The Bertz CT molecular complexity index is 679. The van der Waals surface area contributed by atoms with E-state index in [-0.39, 0.29) is 29.1 Å². The van der Waals surface area contributed by atoms with Gasteiger partial charge in [-0.15, -0.1) is 0 Å². The zero-order valence-electron chi connectivity index (χ0n) is 19.1. The van der Waals surface area contributed by atoms with E-state index in [4.69, 9.17) is 9.47 Å². The van der Waals surface area contributed by atoms with Gasteiger partial charge in [-0.3, -0.25) is 9.59 Å². The summed E-state index contributed by atoms with van der Waals surface area (Å²) >= 11 is 0. The Labute approximate surface area is 181 Å². The maximum atomic E-state index is 13.0. The first kappa shape index (κ1) is 24.2. The molecule has 2 amide bonds. The number of rotatable bonds is 10. The average Bonchev–Trinajstić information content (AvgIpc) is 2.71. The van der Waals surface area contributed by atoms with Crippen LogP contribution in [0, 0.1) is 11.8 Å². The molecule has 1 saturated heterocycles. The van der Waals surface area contributed by atoms with Crippen molar-refractivity contribution in [3.05, 3.63) is 29.8 Å². The van der Waals surface area contributed by atoms with E-state index in [2.05, 4.69) is 22.8 Å². The number of carbonyl (C=O) groups is 2. The minimum Gasteiger partial charge on any atom is -0.494 e. The quantitative estimate of drug-likeness (QED) is 0.610. The van der Waals surface area contributed by atoms with Crippen molar-refractivity contribution in [3.63, 3.8) is 0 Å². The van der Waals surface area contributed by atoms with Crippen LogP contribution in [0.2, 0.25) is 0 Å². The zero-order valence-corrected chi connectivity index (χ0v) is 19.1. The lowest BCUT2D eigenvalue weighted by Crippen LogP contribution is -2.53. The molecule has 6 nitrogen and oxygen atoms in total. The number of carbonyl (C=O) groups excluding carboxylic acids is 2. The summed E-state index contributed by atoms with van der Waals surface area (Å²) in [5.41, 5.74) is 1.00. The summed E-state index contributed by atoms with van der Waals surface area (Å²) in [7, 11) is 0. The molecule has 1 atom stereocenters. The Balaban J connectivity index is 2.10. The Hall–Kier alpha value is -2.08. The third kappa shape index (κ3) is 6.73. The van der Waals surface area contributed by atoms with Gasteiger partial charge in [0.15, 0.2) is 0 Å². The van der Waals surface area contributed by atoms with Crippen LogP contribution >= 0.6 is 0 Å². The van der Waals surface area contributed by atoms with E-state index in [9.17, 15) is 9.59 Å². The molecule has 0 radical (unpaired) electrons. The highest BCUT2D eigenvalue weighted by Gasteiger charge is 2.36. The molecule has 168 valence electrons. The van der Waals surface area contributed by atoms with E-state index in [1.54, 1.807) is 0 Å². The lowest BCUT2D eigenvalue weighted by atomic mass is 9.74. The summed E-state index contributed by atoms with van der Waals surface area (Å²) in [5, 5.41) is 6.05. The van der Waals surface area contributed by atoms with Crippen LogP contribution in [0.4, 0.5) is 0 Å². The molecule has 0 aliphatic carbocycles. The number of hydrogen-bond acceptors (Lipinski definition) is 4. The van der Waals surface area contributed by atoms with Crippen molar-refractivity contribution in [2.75, 3.05) is 26.4 Å². The van der Waals surface area contributed by atoms with Gasteiger partial charge in [-0.1, -0.05) is 39.8 Å².